The highest BCUT2D eigenvalue weighted by atomic mass is 32.1. The average molecular weight is 276 g/mol. The highest BCUT2D eigenvalue weighted by Crippen LogP contribution is 2.27. The van der Waals surface area contributed by atoms with Crippen LogP contribution < -0.4 is 5.73 Å². The number of methoxy groups -OCH3 is 1. The zero-order chi connectivity index (χ0) is 13.7. The van der Waals surface area contributed by atoms with Crippen LogP contribution in [-0.4, -0.2) is 18.1 Å². The number of hydrogen-bond donors (Lipinski definition) is 1. The van der Waals surface area contributed by atoms with Crippen LogP contribution in [0.4, 0.5) is 5.69 Å². The van der Waals surface area contributed by atoms with Crippen molar-refractivity contribution < 1.29 is 9.53 Å². The van der Waals surface area contributed by atoms with Gasteiger partial charge >= 0.3 is 5.97 Å². The Bertz CT molecular complexity index is 549. The van der Waals surface area contributed by atoms with Gasteiger partial charge in [-0.2, -0.15) is 0 Å². The lowest BCUT2D eigenvalue weighted by molar-refractivity contribution is -0.140. The van der Waals surface area contributed by atoms with E-state index in [9.17, 15) is 4.79 Å². The van der Waals surface area contributed by atoms with Crippen LogP contribution in [0.15, 0.2) is 30.5 Å². The van der Waals surface area contributed by atoms with Crippen LogP contribution >= 0.6 is 11.3 Å². The molecule has 0 fully saturated rings. The summed E-state index contributed by atoms with van der Waals surface area (Å²) in [6.45, 7) is 0. The second kappa shape index (κ2) is 6.33. The van der Waals surface area contributed by atoms with Gasteiger partial charge in [0.1, 0.15) is 0 Å². The second-order valence-electron chi connectivity index (χ2n) is 4.17. The van der Waals surface area contributed by atoms with Gasteiger partial charge in [-0.15, -0.1) is 11.3 Å². The van der Waals surface area contributed by atoms with E-state index in [0.29, 0.717) is 6.42 Å². The van der Waals surface area contributed by atoms with Gasteiger partial charge in [-0.3, -0.25) is 4.79 Å². The number of hydrogen-bond acceptors (Lipinski definition) is 5. The highest BCUT2D eigenvalue weighted by Gasteiger charge is 2.06. The molecule has 2 rings (SSSR count). The molecule has 0 unspecified atom stereocenters. The molecule has 1 aromatic heterocycles. The summed E-state index contributed by atoms with van der Waals surface area (Å²) in [4.78, 5) is 16.5. The minimum atomic E-state index is -0.171. The third-order valence-corrected chi connectivity index (χ3v) is 3.85. The maximum atomic E-state index is 11.0. The minimum absolute atomic E-state index is 0.171. The fraction of sp³-hybridized carbons (Fsp3) is 0.286. The Hall–Kier alpha value is -1.88. The number of carbonyl (C=O) groups excluding carboxylic acids is 1. The summed E-state index contributed by atoms with van der Waals surface area (Å²) in [7, 11) is 1.41. The second-order valence-corrected chi connectivity index (χ2v) is 5.29. The Morgan fingerprint density at radius 1 is 1.37 bits per heavy atom. The lowest BCUT2D eigenvalue weighted by atomic mass is 10.2. The first-order chi connectivity index (χ1) is 9.19. The van der Waals surface area contributed by atoms with Crippen molar-refractivity contribution in [3.05, 3.63) is 35.5 Å². The van der Waals surface area contributed by atoms with E-state index in [4.69, 9.17) is 5.73 Å². The molecule has 19 heavy (non-hydrogen) atoms. The molecule has 0 bridgehead atoms. The number of nitrogens with zero attached hydrogens (tertiary/aromatic N) is 1. The summed E-state index contributed by atoms with van der Waals surface area (Å²) in [5.74, 6) is -0.171. The summed E-state index contributed by atoms with van der Waals surface area (Å²) in [6.07, 6.45) is 3.87. The molecule has 0 aliphatic rings. The Labute approximate surface area is 116 Å². The zero-order valence-electron chi connectivity index (χ0n) is 10.8. The van der Waals surface area contributed by atoms with Crippen molar-refractivity contribution >= 4 is 23.0 Å². The van der Waals surface area contributed by atoms with Crippen LogP contribution in [0.5, 0.6) is 0 Å². The Kier molecular flexibility index (Phi) is 4.52. The lowest BCUT2D eigenvalue weighted by Crippen LogP contribution is -2.00. The molecule has 2 aromatic rings. The van der Waals surface area contributed by atoms with Gasteiger partial charge in [0, 0.05) is 18.3 Å². The molecular weight excluding hydrogens is 260 g/mol. The number of benzene rings is 1. The average Bonchev–Trinajstić information content (AvgIpc) is 2.88. The molecule has 0 saturated heterocycles. The summed E-state index contributed by atoms with van der Waals surface area (Å²) in [5, 5.41) is 1.04. The van der Waals surface area contributed by atoms with Gasteiger partial charge in [-0.25, -0.2) is 4.98 Å². The van der Waals surface area contributed by atoms with Gasteiger partial charge < -0.3 is 10.5 Å². The highest BCUT2D eigenvalue weighted by molar-refractivity contribution is 7.15. The number of carbonyl (C=O) groups is 1. The number of nitrogen functional groups attached to an aromatic ring is 1. The quantitative estimate of drug-likeness (QED) is 0.673. The van der Waals surface area contributed by atoms with E-state index in [-0.39, 0.29) is 5.97 Å². The van der Waals surface area contributed by atoms with E-state index >= 15 is 0 Å². The van der Waals surface area contributed by atoms with E-state index in [0.717, 1.165) is 34.0 Å². The van der Waals surface area contributed by atoms with Crippen molar-refractivity contribution in [3.63, 3.8) is 0 Å². The zero-order valence-corrected chi connectivity index (χ0v) is 11.6. The molecule has 0 aliphatic heterocycles. The fourth-order valence-corrected chi connectivity index (χ4v) is 2.66. The first-order valence-electron chi connectivity index (χ1n) is 6.06. The monoisotopic (exact) mass is 276 g/mol. The predicted octanol–water partition coefficient (Wildman–Crippen LogP) is 2.89. The van der Waals surface area contributed by atoms with Crippen molar-refractivity contribution in [2.45, 2.75) is 19.3 Å². The normalized spacial score (nSPS) is 10.4. The molecule has 1 heterocycles. The van der Waals surface area contributed by atoms with Crippen molar-refractivity contribution in [2.75, 3.05) is 12.8 Å². The number of rotatable bonds is 5. The summed E-state index contributed by atoms with van der Waals surface area (Å²) < 4.78 is 4.61. The van der Waals surface area contributed by atoms with Crippen LogP contribution in [0.2, 0.25) is 0 Å². The number of thiazole rings is 1. The molecule has 5 heteroatoms. The number of ether oxygens (including phenoxy) is 1. The molecule has 0 saturated carbocycles. The van der Waals surface area contributed by atoms with Crippen LogP contribution in [-0.2, 0) is 16.0 Å². The third kappa shape index (κ3) is 3.79. The topological polar surface area (TPSA) is 65.2 Å². The van der Waals surface area contributed by atoms with Gasteiger partial charge in [0.05, 0.1) is 17.0 Å². The van der Waals surface area contributed by atoms with Crippen LogP contribution in [0.25, 0.3) is 10.4 Å². The van der Waals surface area contributed by atoms with E-state index in [2.05, 4.69) is 9.72 Å². The standard InChI is InChI=1S/C14H16N2O2S/c1-18-14(17)4-2-3-13-16-9-12(19-13)10-5-7-11(15)8-6-10/h5-9H,2-4,15H2,1H3. The molecule has 0 amide bonds. The first-order valence-corrected chi connectivity index (χ1v) is 6.88. The molecule has 0 radical (unpaired) electrons. The molecule has 0 atom stereocenters. The lowest BCUT2D eigenvalue weighted by Gasteiger charge is -1.98. The Morgan fingerprint density at radius 2 is 2.11 bits per heavy atom. The fourth-order valence-electron chi connectivity index (χ4n) is 1.69. The van der Waals surface area contributed by atoms with E-state index in [1.165, 1.54) is 7.11 Å². The van der Waals surface area contributed by atoms with Gasteiger partial charge in [0.15, 0.2) is 0 Å². The van der Waals surface area contributed by atoms with Crippen molar-refractivity contribution in [2.24, 2.45) is 0 Å². The van der Waals surface area contributed by atoms with Gasteiger partial charge in [-0.05, 0) is 30.5 Å². The van der Waals surface area contributed by atoms with Crippen LogP contribution in [0.1, 0.15) is 17.8 Å². The third-order valence-electron chi connectivity index (χ3n) is 2.75. The summed E-state index contributed by atoms with van der Waals surface area (Å²) in [5.41, 5.74) is 7.53. The molecule has 4 nitrogen and oxygen atoms in total. The molecular formula is C14H16N2O2S. The number of aromatic nitrogens is 1. The maximum Gasteiger partial charge on any atom is 0.305 e. The SMILES string of the molecule is COC(=O)CCCc1ncc(-c2ccc(N)cc2)s1. The molecule has 100 valence electrons. The largest absolute Gasteiger partial charge is 0.469 e. The molecule has 1 aromatic carbocycles. The predicted molar refractivity (Wildman–Crippen MR) is 76.9 cm³/mol. The molecule has 0 spiro atoms. The summed E-state index contributed by atoms with van der Waals surface area (Å²) in [6, 6.07) is 7.74. The Morgan fingerprint density at radius 3 is 2.79 bits per heavy atom. The van der Waals surface area contributed by atoms with Gasteiger partial charge in [0.25, 0.3) is 0 Å². The molecule has 0 aliphatic carbocycles. The van der Waals surface area contributed by atoms with Gasteiger partial charge in [0.2, 0.25) is 0 Å². The van der Waals surface area contributed by atoms with Crippen LogP contribution in [0.3, 0.4) is 0 Å². The van der Waals surface area contributed by atoms with Crippen molar-refractivity contribution in [1.29, 1.82) is 0 Å². The number of anilines is 1. The van der Waals surface area contributed by atoms with Gasteiger partial charge in [-0.1, -0.05) is 12.1 Å². The number of nitrogens with two attached hydrogens (primary N) is 1. The number of esters is 1. The van der Waals surface area contributed by atoms with E-state index in [1.54, 1.807) is 11.3 Å². The van der Waals surface area contributed by atoms with E-state index in [1.807, 2.05) is 30.5 Å². The van der Waals surface area contributed by atoms with E-state index < -0.39 is 0 Å². The van der Waals surface area contributed by atoms with Crippen molar-refractivity contribution in [3.8, 4) is 10.4 Å². The smallest absolute Gasteiger partial charge is 0.305 e. The summed E-state index contributed by atoms with van der Waals surface area (Å²) >= 11 is 1.65. The van der Waals surface area contributed by atoms with Crippen molar-refractivity contribution in [1.82, 2.24) is 4.98 Å². The molecule has 2 N–H and O–H groups in total. The Balaban J connectivity index is 1.95. The van der Waals surface area contributed by atoms with Crippen LogP contribution in [0, 0.1) is 0 Å². The first kappa shape index (κ1) is 13.5. The number of aryl methyl sites for hydroxylation is 1. The minimum Gasteiger partial charge on any atom is -0.469 e. The maximum absolute atomic E-state index is 11.0.